The molecule has 0 saturated heterocycles. The van der Waals surface area contributed by atoms with Crippen LogP contribution >= 0.6 is 11.6 Å². The molecule has 0 heterocycles. The third-order valence-corrected chi connectivity index (χ3v) is 4.89. The molecule has 0 fully saturated rings. The molecule has 0 saturated carbocycles. The lowest BCUT2D eigenvalue weighted by Gasteiger charge is -2.16. The molecule has 0 spiro atoms. The number of phenols is 1. The summed E-state index contributed by atoms with van der Waals surface area (Å²) >= 11 is 5.96. The summed E-state index contributed by atoms with van der Waals surface area (Å²) in [5.41, 5.74) is 3.10. The molecule has 140 valence electrons. The molecule has 4 aromatic carbocycles. The monoisotopic (exact) mass is 389 g/mol. The molecule has 0 aromatic heterocycles. The third kappa shape index (κ3) is 4.21. The number of aromatic hydroxyl groups is 1. The molecule has 4 heteroatoms. The lowest BCUT2D eigenvalue weighted by atomic mass is 10.0. The van der Waals surface area contributed by atoms with Crippen LogP contribution in [-0.4, -0.2) is 5.11 Å². The zero-order valence-electron chi connectivity index (χ0n) is 15.2. The predicted octanol–water partition coefficient (Wildman–Crippen LogP) is 6.39. The highest BCUT2D eigenvalue weighted by Crippen LogP contribution is 2.30. The van der Waals surface area contributed by atoms with Gasteiger partial charge in [0, 0.05) is 22.8 Å². The molecular weight excluding hydrogens is 370 g/mol. The summed E-state index contributed by atoms with van der Waals surface area (Å²) in [7, 11) is 0. The highest BCUT2D eigenvalue weighted by Gasteiger charge is 2.09. The van der Waals surface area contributed by atoms with E-state index in [1.54, 1.807) is 12.1 Å². The van der Waals surface area contributed by atoms with Gasteiger partial charge in [-0.05, 0) is 58.8 Å². The Balaban J connectivity index is 1.60. The smallest absolute Gasteiger partial charge is 0.125 e. The van der Waals surface area contributed by atoms with E-state index in [0.29, 0.717) is 18.2 Å². The van der Waals surface area contributed by atoms with E-state index >= 15 is 0 Å². The van der Waals surface area contributed by atoms with Gasteiger partial charge < -0.3 is 15.2 Å². The predicted molar refractivity (Wildman–Crippen MR) is 115 cm³/mol. The van der Waals surface area contributed by atoms with E-state index in [2.05, 4.69) is 23.5 Å². The molecule has 0 aliphatic rings. The van der Waals surface area contributed by atoms with Gasteiger partial charge in [-0.1, -0.05) is 54.1 Å². The average molecular weight is 390 g/mol. The Bertz CT molecular complexity index is 1080. The van der Waals surface area contributed by atoms with Crippen LogP contribution in [0.1, 0.15) is 11.1 Å². The number of halogens is 1. The topological polar surface area (TPSA) is 41.5 Å². The number of ether oxygens (including phenoxy) is 1. The molecule has 28 heavy (non-hydrogen) atoms. The van der Waals surface area contributed by atoms with Crippen LogP contribution in [0, 0.1) is 0 Å². The molecule has 0 atom stereocenters. The van der Waals surface area contributed by atoms with Crippen molar-refractivity contribution in [2.45, 2.75) is 13.2 Å². The van der Waals surface area contributed by atoms with Crippen LogP contribution in [-0.2, 0) is 13.2 Å². The molecule has 0 aliphatic carbocycles. The Kier molecular flexibility index (Phi) is 5.36. The highest BCUT2D eigenvalue weighted by atomic mass is 35.5. The van der Waals surface area contributed by atoms with E-state index in [1.807, 2.05) is 54.6 Å². The molecule has 0 amide bonds. The zero-order chi connectivity index (χ0) is 19.3. The fraction of sp³-hybridized carbons (Fsp3) is 0.0833. The largest absolute Gasteiger partial charge is 0.508 e. The van der Waals surface area contributed by atoms with Gasteiger partial charge in [-0.15, -0.1) is 0 Å². The number of fused-ring (bicyclic) bond motifs is 1. The number of nitrogens with one attached hydrogen (secondary N) is 1. The van der Waals surface area contributed by atoms with E-state index in [1.165, 1.54) is 5.39 Å². The van der Waals surface area contributed by atoms with Crippen LogP contribution in [0.4, 0.5) is 5.69 Å². The summed E-state index contributed by atoms with van der Waals surface area (Å²) < 4.78 is 6.16. The fourth-order valence-corrected chi connectivity index (χ4v) is 3.27. The summed E-state index contributed by atoms with van der Waals surface area (Å²) in [4.78, 5) is 0. The molecule has 0 aliphatic heterocycles. The standard InChI is InChI=1S/C24H20ClNO2/c25-19-8-5-17(6-9-19)16-28-24-14-7-18-3-1-2-4-22(18)23(24)15-26-20-10-12-21(27)13-11-20/h1-14,26-27H,15-16H2. The van der Waals surface area contributed by atoms with Crippen molar-refractivity contribution in [2.24, 2.45) is 0 Å². The van der Waals surface area contributed by atoms with E-state index in [-0.39, 0.29) is 5.75 Å². The summed E-state index contributed by atoms with van der Waals surface area (Å²) in [6.07, 6.45) is 0. The Morgan fingerprint density at radius 1 is 0.821 bits per heavy atom. The number of anilines is 1. The molecule has 3 nitrogen and oxygen atoms in total. The fourth-order valence-electron chi connectivity index (χ4n) is 3.14. The van der Waals surface area contributed by atoms with Crippen molar-refractivity contribution >= 4 is 28.1 Å². The van der Waals surface area contributed by atoms with Gasteiger partial charge in [-0.2, -0.15) is 0 Å². The van der Waals surface area contributed by atoms with Crippen molar-refractivity contribution in [3.63, 3.8) is 0 Å². The Labute approximate surface area is 169 Å². The zero-order valence-corrected chi connectivity index (χ0v) is 16.0. The van der Waals surface area contributed by atoms with Gasteiger partial charge >= 0.3 is 0 Å². The summed E-state index contributed by atoms with van der Waals surface area (Å²) in [5.74, 6) is 1.10. The minimum absolute atomic E-state index is 0.252. The maximum Gasteiger partial charge on any atom is 0.125 e. The highest BCUT2D eigenvalue weighted by molar-refractivity contribution is 6.30. The van der Waals surface area contributed by atoms with Crippen molar-refractivity contribution in [1.29, 1.82) is 0 Å². The first-order valence-electron chi connectivity index (χ1n) is 9.10. The number of phenolic OH excluding ortho intramolecular Hbond substituents is 1. The second kappa shape index (κ2) is 8.24. The van der Waals surface area contributed by atoms with Crippen LogP contribution in [0.5, 0.6) is 11.5 Å². The van der Waals surface area contributed by atoms with Gasteiger partial charge in [0.15, 0.2) is 0 Å². The lowest BCUT2D eigenvalue weighted by molar-refractivity contribution is 0.304. The van der Waals surface area contributed by atoms with Gasteiger partial charge in [0.05, 0.1) is 0 Å². The molecule has 0 radical (unpaired) electrons. The van der Waals surface area contributed by atoms with Gasteiger partial charge in [0.25, 0.3) is 0 Å². The number of hydrogen-bond acceptors (Lipinski definition) is 3. The van der Waals surface area contributed by atoms with Crippen LogP contribution in [0.25, 0.3) is 10.8 Å². The Morgan fingerprint density at radius 2 is 1.57 bits per heavy atom. The van der Waals surface area contributed by atoms with Crippen molar-refractivity contribution < 1.29 is 9.84 Å². The quantitative estimate of drug-likeness (QED) is 0.375. The molecular formula is C24H20ClNO2. The van der Waals surface area contributed by atoms with E-state index in [0.717, 1.165) is 28.0 Å². The first-order chi connectivity index (χ1) is 13.7. The molecule has 4 rings (SSSR count). The van der Waals surface area contributed by atoms with Crippen LogP contribution in [0.15, 0.2) is 84.9 Å². The van der Waals surface area contributed by atoms with Crippen LogP contribution in [0.2, 0.25) is 5.02 Å². The van der Waals surface area contributed by atoms with Gasteiger partial charge in [-0.25, -0.2) is 0 Å². The Hall–Kier alpha value is -3.17. The van der Waals surface area contributed by atoms with Crippen molar-refractivity contribution in [1.82, 2.24) is 0 Å². The minimum Gasteiger partial charge on any atom is -0.508 e. The van der Waals surface area contributed by atoms with E-state index < -0.39 is 0 Å². The first-order valence-corrected chi connectivity index (χ1v) is 9.47. The number of hydrogen-bond donors (Lipinski definition) is 2. The minimum atomic E-state index is 0.252. The summed E-state index contributed by atoms with van der Waals surface area (Å²) in [6.45, 7) is 1.09. The van der Waals surface area contributed by atoms with Gasteiger partial charge in [0.1, 0.15) is 18.1 Å². The molecule has 0 unspecified atom stereocenters. The third-order valence-electron chi connectivity index (χ3n) is 4.64. The summed E-state index contributed by atoms with van der Waals surface area (Å²) in [5, 5.41) is 15.9. The van der Waals surface area contributed by atoms with Gasteiger partial charge in [-0.3, -0.25) is 0 Å². The lowest BCUT2D eigenvalue weighted by Crippen LogP contribution is -2.04. The normalized spacial score (nSPS) is 10.8. The van der Waals surface area contributed by atoms with Crippen LogP contribution < -0.4 is 10.1 Å². The summed E-state index contributed by atoms with van der Waals surface area (Å²) in [6, 6.07) is 27.1. The van der Waals surface area contributed by atoms with E-state index in [9.17, 15) is 5.11 Å². The van der Waals surface area contributed by atoms with Gasteiger partial charge in [0.2, 0.25) is 0 Å². The second-order valence-electron chi connectivity index (χ2n) is 6.58. The van der Waals surface area contributed by atoms with Crippen molar-refractivity contribution in [3.8, 4) is 11.5 Å². The maximum atomic E-state index is 9.47. The van der Waals surface area contributed by atoms with Crippen molar-refractivity contribution in [2.75, 3.05) is 5.32 Å². The maximum absolute atomic E-state index is 9.47. The SMILES string of the molecule is Oc1ccc(NCc2c(OCc3ccc(Cl)cc3)ccc3ccccc23)cc1. The molecule has 4 aromatic rings. The molecule has 2 N–H and O–H groups in total. The second-order valence-corrected chi connectivity index (χ2v) is 7.02. The molecule has 0 bridgehead atoms. The van der Waals surface area contributed by atoms with E-state index in [4.69, 9.17) is 16.3 Å². The average Bonchev–Trinajstić information content (AvgIpc) is 2.73. The van der Waals surface area contributed by atoms with Crippen molar-refractivity contribution in [3.05, 3.63) is 101 Å². The van der Waals surface area contributed by atoms with Crippen LogP contribution in [0.3, 0.4) is 0 Å². The number of benzene rings is 4. The number of rotatable bonds is 6. The Morgan fingerprint density at radius 3 is 2.36 bits per heavy atom. The first kappa shape index (κ1) is 18.2.